The van der Waals surface area contributed by atoms with Gasteiger partial charge in [0.25, 0.3) is 0 Å². The first-order valence-electron chi connectivity index (χ1n) is 7.00. The van der Waals surface area contributed by atoms with Crippen LogP contribution in [0.2, 0.25) is 0 Å². The van der Waals surface area contributed by atoms with Crippen LogP contribution >= 0.6 is 62.5 Å². The number of amides is 2. The first-order chi connectivity index (χ1) is 11.5. The maximum atomic E-state index is 12.5. The summed E-state index contributed by atoms with van der Waals surface area (Å²) < 4.78 is 2.62. The molecular weight excluding hydrogens is 480 g/mol. The number of nitriles is 1. The van der Waals surface area contributed by atoms with E-state index >= 15 is 0 Å². The van der Waals surface area contributed by atoms with Gasteiger partial charge in [-0.15, -0.1) is 11.8 Å². The average Bonchev–Trinajstić information content (AvgIpc) is 2.81. The maximum absolute atomic E-state index is 12.5. The summed E-state index contributed by atoms with van der Waals surface area (Å²) in [6, 6.07) is 0.0522. The van der Waals surface area contributed by atoms with Gasteiger partial charge in [-0.25, -0.2) is 4.79 Å². The highest BCUT2D eigenvalue weighted by atomic mass is 79.9. The first kappa shape index (κ1) is 20.9. The van der Waals surface area contributed by atoms with Gasteiger partial charge in [0.1, 0.15) is 30.5 Å². The van der Waals surface area contributed by atoms with Crippen LogP contribution < -0.4 is 5.32 Å². The fourth-order valence-corrected chi connectivity index (χ4v) is 5.13. The Balaban J connectivity index is 2.13. The summed E-state index contributed by atoms with van der Waals surface area (Å²) in [6.07, 6.45) is -0.342. The van der Waals surface area contributed by atoms with Crippen LogP contribution in [0.1, 0.15) is 13.3 Å². The van der Waals surface area contributed by atoms with Crippen molar-refractivity contribution in [2.75, 3.05) is 11.9 Å². The molecule has 0 saturated carbocycles. The molecule has 25 heavy (non-hydrogen) atoms. The van der Waals surface area contributed by atoms with Crippen molar-refractivity contribution in [3.63, 3.8) is 0 Å². The minimum absolute atomic E-state index is 0.342. The summed E-state index contributed by atoms with van der Waals surface area (Å²) in [5.74, 6) is -1.63. The van der Waals surface area contributed by atoms with Gasteiger partial charge >= 0.3 is 5.97 Å². The van der Waals surface area contributed by atoms with E-state index in [0.717, 1.165) is 0 Å². The van der Waals surface area contributed by atoms with E-state index < -0.39 is 50.4 Å². The smallest absolute Gasteiger partial charge is 0.330 e. The molecule has 0 aromatic carbocycles. The Labute approximate surface area is 171 Å². The molecule has 0 aromatic rings. The predicted octanol–water partition coefficient (Wildman–Crippen LogP) is 1.74. The molecule has 2 saturated heterocycles. The third kappa shape index (κ3) is 4.30. The normalized spacial score (nSPS) is 31.0. The summed E-state index contributed by atoms with van der Waals surface area (Å²) >= 11 is 21.5. The molecule has 2 aliphatic rings. The molecule has 0 aliphatic carbocycles. The summed E-state index contributed by atoms with van der Waals surface area (Å²) in [5.41, 5.74) is 0. The number of β-lactam (4-membered cyclic amide) rings is 1. The number of nitrogens with one attached hydrogen (secondary N) is 1. The fraction of sp³-hybridized carbons (Fsp3) is 0.692. The number of hydrogen-bond acceptors (Lipinski definition) is 6. The van der Waals surface area contributed by atoms with Gasteiger partial charge in [-0.1, -0.05) is 50.7 Å². The standard InChI is InChI=1S/C13H13BrCl3N3O4S/c1-12(4-14)8(11(23)24-5-13(15,16)17)20-9(22)7(10(20)25-12)19-6(21)2-3-18/h7-8,10H,2,4-5H2,1H3,(H,19,21)/t7?,8?,10-,12?/m1/s1. The van der Waals surface area contributed by atoms with E-state index in [1.165, 1.54) is 16.7 Å². The number of carbonyl (C=O) groups is 3. The highest BCUT2D eigenvalue weighted by Gasteiger charge is 2.65. The first-order valence-corrected chi connectivity index (χ1v) is 10.1. The second-order valence-electron chi connectivity index (χ2n) is 5.71. The van der Waals surface area contributed by atoms with Crippen LogP contribution in [-0.4, -0.2) is 60.6 Å². The summed E-state index contributed by atoms with van der Waals surface area (Å²) in [4.78, 5) is 37.8. The van der Waals surface area contributed by atoms with Crippen LogP contribution in [0.3, 0.4) is 0 Å². The monoisotopic (exact) mass is 491 g/mol. The number of rotatable bonds is 5. The molecule has 0 spiro atoms. The second kappa shape index (κ2) is 7.69. The van der Waals surface area contributed by atoms with Gasteiger partial charge in [0.2, 0.25) is 15.6 Å². The average molecular weight is 494 g/mol. The zero-order valence-corrected chi connectivity index (χ0v) is 17.5. The quantitative estimate of drug-likeness (QED) is 0.356. The van der Waals surface area contributed by atoms with Crippen molar-refractivity contribution in [2.45, 2.75) is 39.3 Å². The molecule has 138 valence electrons. The molecule has 0 radical (unpaired) electrons. The molecule has 2 fully saturated rings. The molecule has 4 atom stereocenters. The Morgan fingerprint density at radius 2 is 2.16 bits per heavy atom. The minimum atomic E-state index is -1.75. The Hall–Kier alpha value is -0.400. The van der Waals surface area contributed by atoms with E-state index in [9.17, 15) is 14.4 Å². The molecule has 2 rings (SSSR count). The van der Waals surface area contributed by atoms with E-state index in [2.05, 4.69) is 21.2 Å². The van der Waals surface area contributed by atoms with Crippen LogP contribution in [0, 0.1) is 11.3 Å². The second-order valence-corrected chi connectivity index (χ2v) is 10.4. The van der Waals surface area contributed by atoms with Crippen molar-refractivity contribution in [3.8, 4) is 6.07 Å². The van der Waals surface area contributed by atoms with Crippen LogP contribution in [0.25, 0.3) is 0 Å². The lowest BCUT2D eigenvalue weighted by molar-refractivity contribution is -0.164. The van der Waals surface area contributed by atoms with Crippen molar-refractivity contribution in [1.29, 1.82) is 5.26 Å². The van der Waals surface area contributed by atoms with Gasteiger partial charge in [0.15, 0.2) is 0 Å². The van der Waals surface area contributed by atoms with Crippen molar-refractivity contribution < 1.29 is 19.1 Å². The molecule has 1 N–H and O–H groups in total. The number of hydrogen-bond donors (Lipinski definition) is 1. The van der Waals surface area contributed by atoms with Crippen LogP contribution in [-0.2, 0) is 19.1 Å². The molecule has 3 unspecified atom stereocenters. The van der Waals surface area contributed by atoms with Gasteiger partial charge in [-0.05, 0) is 6.92 Å². The summed E-state index contributed by atoms with van der Waals surface area (Å²) in [6.45, 7) is 1.36. The van der Waals surface area contributed by atoms with E-state index in [-0.39, 0.29) is 6.42 Å². The lowest BCUT2D eigenvalue weighted by Gasteiger charge is -2.43. The van der Waals surface area contributed by atoms with Gasteiger partial charge in [-0.3, -0.25) is 9.59 Å². The number of fused-ring (bicyclic) bond motifs is 1. The number of carbonyl (C=O) groups excluding carboxylic acids is 3. The summed E-state index contributed by atoms with van der Waals surface area (Å²) in [7, 11) is 0. The molecule has 12 heteroatoms. The van der Waals surface area contributed by atoms with Crippen LogP contribution in [0.15, 0.2) is 0 Å². The lowest BCUT2D eigenvalue weighted by Crippen LogP contribution is -2.71. The highest BCUT2D eigenvalue weighted by Crippen LogP contribution is 2.52. The number of esters is 1. The van der Waals surface area contributed by atoms with Gasteiger partial charge in [0, 0.05) is 5.33 Å². The topological polar surface area (TPSA) is 99.5 Å². The molecular formula is C13H13BrCl3N3O4S. The fourth-order valence-electron chi connectivity index (χ4n) is 2.65. The third-order valence-corrected chi connectivity index (χ3v) is 7.26. The van der Waals surface area contributed by atoms with Crippen LogP contribution in [0.5, 0.6) is 0 Å². The van der Waals surface area contributed by atoms with E-state index in [1.807, 2.05) is 0 Å². The molecule has 2 heterocycles. The molecule has 2 aliphatic heterocycles. The van der Waals surface area contributed by atoms with E-state index in [4.69, 9.17) is 44.8 Å². The Morgan fingerprint density at radius 3 is 2.68 bits per heavy atom. The van der Waals surface area contributed by atoms with Crippen molar-refractivity contribution in [3.05, 3.63) is 0 Å². The van der Waals surface area contributed by atoms with Crippen LogP contribution in [0.4, 0.5) is 0 Å². The predicted molar refractivity (Wildman–Crippen MR) is 97.6 cm³/mol. The Morgan fingerprint density at radius 1 is 1.52 bits per heavy atom. The Bertz CT molecular complexity index is 641. The number of thioether (sulfide) groups is 1. The lowest BCUT2D eigenvalue weighted by atomic mass is 9.96. The number of alkyl halides is 4. The number of halogens is 4. The number of nitrogens with zero attached hydrogens (tertiary/aromatic N) is 2. The van der Waals surface area contributed by atoms with E-state index in [1.54, 1.807) is 13.0 Å². The van der Waals surface area contributed by atoms with Gasteiger partial charge in [-0.2, -0.15) is 5.26 Å². The highest BCUT2D eigenvalue weighted by molar-refractivity contribution is 9.09. The SMILES string of the molecule is CC1(CBr)S[C@@H]2C(NC(=O)CC#N)C(=O)N2C1C(=O)OCC(Cl)(Cl)Cl. The zero-order chi connectivity index (χ0) is 19.0. The molecule has 2 amide bonds. The van der Waals surface area contributed by atoms with Gasteiger partial charge in [0.05, 0.1) is 10.8 Å². The minimum Gasteiger partial charge on any atom is -0.460 e. The molecule has 0 aromatic heterocycles. The van der Waals surface area contributed by atoms with Crippen molar-refractivity contribution >= 4 is 80.3 Å². The molecule has 7 nitrogen and oxygen atoms in total. The Kier molecular flexibility index (Phi) is 6.43. The summed E-state index contributed by atoms with van der Waals surface area (Å²) in [5, 5.41) is 11.0. The maximum Gasteiger partial charge on any atom is 0.330 e. The van der Waals surface area contributed by atoms with Crippen molar-refractivity contribution in [2.24, 2.45) is 0 Å². The van der Waals surface area contributed by atoms with E-state index in [0.29, 0.717) is 5.33 Å². The third-order valence-electron chi connectivity index (χ3n) is 3.75. The zero-order valence-electron chi connectivity index (χ0n) is 12.8. The molecule has 0 bridgehead atoms. The van der Waals surface area contributed by atoms with Crippen molar-refractivity contribution in [1.82, 2.24) is 10.2 Å². The van der Waals surface area contributed by atoms with Gasteiger partial charge < -0.3 is 15.0 Å². The largest absolute Gasteiger partial charge is 0.460 e. The number of ether oxygens (including phenoxy) is 1.